The fraction of sp³-hybridized carbons (Fsp3) is 0.500. The van der Waals surface area contributed by atoms with Crippen LogP contribution in [0.1, 0.15) is 24.8 Å². The first-order valence-corrected chi connectivity index (χ1v) is 5.76. The zero-order valence-corrected chi connectivity index (χ0v) is 8.85. The lowest BCUT2D eigenvalue weighted by atomic mass is 9.95. The molecule has 1 unspecified atom stereocenters. The first kappa shape index (κ1) is 8.60. The van der Waals surface area contributed by atoms with Gasteiger partial charge in [0.05, 0.1) is 10.7 Å². The average molecular weight is 208 g/mol. The van der Waals surface area contributed by atoms with E-state index in [4.69, 9.17) is 11.6 Å². The van der Waals surface area contributed by atoms with Crippen LogP contribution in [-0.4, -0.2) is 6.04 Å². The number of anilines is 1. The number of rotatable bonds is 1. The molecule has 1 saturated carbocycles. The van der Waals surface area contributed by atoms with Gasteiger partial charge < -0.3 is 5.32 Å². The van der Waals surface area contributed by atoms with Crippen LogP contribution in [0.3, 0.4) is 0 Å². The van der Waals surface area contributed by atoms with Crippen LogP contribution in [-0.2, 0) is 6.42 Å². The van der Waals surface area contributed by atoms with Gasteiger partial charge in [0, 0.05) is 6.04 Å². The number of benzene rings is 1. The fourth-order valence-corrected chi connectivity index (χ4v) is 2.61. The molecule has 0 amide bonds. The summed E-state index contributed by atoms with van der Waals surface area (Å²) in [7, 11) is 0. The Morgan fingerprint density at radius 3 is 2.86 bits per heavy atom. The molecule has 1 aliphatic heterocycles. The van der Waals surface area contributed by atoms with Crippen molar-refractivity contribution in [3.63, 3.8) is 0 Å². The minimum atomic E-state index is 0.683. The summed E-state index contributed by atoms with van der Waals surface area (Å²) in [5.74, 6) is 0.916. The van der Waals surface area contributed by atoms with Gasteiger partial charge in [-0.25, -0.2) is 0 Å². The predicted molar refractivity (Wildman–Crippen MR) is 59.9 cm³/mol. The summed E-state index contributed by atoms with van der Waals surface area (Å²) in [6, 6.07) is 6.88. The molecule has 0 saturated heterocycles. The Kier molecular flexibility index (Phi) is 1.94. The van der Waals surface area contributed by atoms with E-state index in [0.717, 1.165) is 10.9 Å². The van der Waals surface area contributed by atoms with E-state index in [1.807, 2.05) is 12.1 Å². The second kappa shape index (κ2) is 3.16. The summed E-state index contributed by atoms with van der Waals surface area (Å²) in [5.41, 5.74) is 2.58. The Labute approximate surface area is 89.5 Å². The molecule has 0 aromatic heterocycles. The molecule has 74 valence electrons. The maximum Gasteiger partial charge on any atom is 0.0640 e. The molecule has 1 nitrogen and oxygen atoms in total. The van der Waals surface area contributed by atoms with Crippen molar-refractivity contribution in [1.29, 1.82) is 0 Å². The second-order valence-corrected chi connectivity index (χ2v) is 4.81. The smallest absolute Gasteiger partial charge is 0.0640 e. The van der Waals surface area contributed by atoms with Gasteiger partial charge >= 0.3 is 0 Å². The predicted octanol–water partition coefficient (Wildman–Crippen LogP) is 3.48. The van der Waals surface area contributed by atoms with E-state index in [0.29, 0.717) is 6.04 Å². The Balaban J connectivity index is 1.91. The molecule has 3 rings (SSSR count). The van der Waals surface area contributed by atoms with Crippen LogP contribution in [0.4, 0.5) is 5.69 Å². The third kappa shape index (κ3) is 1.40. The summed E-state index contributed by atoms with van der Waals surface area (Å²) < 4.78 is 0. The number of aryl methyl sites for hydroxylation is 1. The Morgan fingerprint density at radius 1 is 1.21 bits per heavy atom. The molecule has 2 heteroatoms. The Bertz CT molecular complexity index is 357. The minimum Gasteiger partial charge on any atom is -0.381 e. The highest BCUT2D eigenvalue weighted by atomic mass is 35.5. The number of hydrogen-bond acceptors (Lipinski definition) is 1. The molecular formula is C12H14ClN. The van der Waals surface area contributed by atoms with Crippen molar-refractivity contribution in [3.05, 3.63) is 28.8 Å². The topological polar surface area (TPSA) is 12.0 Å². The fourth-order valence-electron chi connectivity index (χ4n) is 2.36. The molecule has 0 spiro atoms. The molecule has 1 aromatic carbocycles. The van der Waals surface area contributed by atoms with Gasteiger partial charge in [0.25, 0.3) is 0 Å². The largest absolute Gasteiger partial charge is 0.381 e. The van der Waals surface area contributed by atoms with Crippen molar-refractivity contribution in [2.45, 2.75) is 31.7 Å². The van der Waals surface area contributed by atoms with Gasteiger partial charge in [0.2, 0.25) is 0 Å². The van der Waals surface area contributed by atoms with E-state index in [9.17, 15) is 0 Å². The lowest BCUT2D eigenvalue weighted by molar-refractivity contribution is 0.570. The standard InChI is InChI=1S/C12H14ClN/c13-10-3-1-2-9-6-7-11(8-4-5-8)14-12(9)10/h1-3,8,11,14H,4-7H2. The van der Waals surface area contributed by atoms with Crippen molar-refractivity contribution < 1.29 is 0 Å². The van der Waals surface area contributed by atoms with Crippen molar-refractivity contribution in [2.24, 2.45) is 5.92 Å². The van der Waals surface area contributed by atoms with E-state index in [1.54, 1.807) is 0 Å². The molecular weight excluding hydrogens is 194 g/mol. The van der Waals surface area contributed by atoms with E-state index in [2.05, 4.69) is 11.4 Å². The zero-order valence-electron chi connectivity index (χ0n) is 8.09. The highest BCUT2D eigenvalue weighted by Gasteiger charge is 2.33. The molecule has 0 bridgehead atoms. The van der Waals surface area contributed by atoms with E-state index >= 15 is 0 Å². The monoisotopic (exact) mass is 207 g/mol. The second-order valence-electron chi connectivity index (χ2n) is 4.40. The van der Waals surface area contributed by atoms with Gasteiger partial charge in [-0.2, -0.15) is 0 Å². The van der Waals surface area contributed by atoms with Gasteiger partial charge in [-0.1, -0.05) is 23.7 Å². The van der Waals surface area contributed by atoms with E-state index < -0.39 is 0 Å². The summed E-state index contributed by atoms with van der Waals surface area (Å²) in [6.07, 6.45) is 5.26. The van der Waals surface area contributed by atoms with Crippen LogP contribution in [0.2, 0.25) is 5.02 Å². The zero-order chi connectivity index (χ0) is 9.54. The number of nitrogens with one attached hydrogen (secondary N) is 1. The van der Waals surface area contributed by atoms with Crippen LogP contribution in [0.5, 0.6) is 0 Å². The first-order valence-electron chi connectivity index (χ1n) is 5.38. The van der Waals surface area contributed by atoms with E-state index in [1.165, 1.54) is 36.9 Å². The van der Waals surface area contributed by atoms with Gasteiger partial charge in [0.1, 0.15) is 0 Å². The lowest BCUT2D eigenvalue weighted by Gasteiger charge is -2.27. The third-order valence-electron chi connectivity index (χ3n) is 3.35. The molecule has 1 N–H and O–H groups in total. The molecule has 14 heavy (non-hydrogen) atoms. The summed E-state index contributed by atoms with van der Waals surface area (Å²) in [4.78, 5) is 0. The number of hydrogen-bond donors (Lipinski definition) is 1. The highest BCUT2D eigenvalue weighted by Crippen LogP contribution is 2.41. The number of fused-ring (bicyclic) bond motifs is 1. The van der Waals surface area contributed by atoms with Crippen molar-refractivity contribution in [3.8, 4) is 0 Å². The molecule has 1 atom stereocenters. The van der Waals surface area contributed by atoms with E-state index in [-0.39, 0.29) is 0 Å². The van der Waals surface area contributed by atoms with Crippen LogP contribution in [0, 0.1) is 5.92 Å². The van der Waals surface area contributed by atoms with Crippen LogP contribution < -0.4 is 5.32 Å². The van der Waals surface area contributed by atoms with Crippen molar-refractivity contribution >= 4 is 17.3 Å². The average Bonchev–Trinajstić information content (AvgIpc) is 3.01. The number of para-hydroxylation sites is 1. The number of halogens is 1. The van der Waals surface area contributed by atoms with Crippen molar-refractivity contribution in [1.82, 2.24) is 0 Å². The maximum atomic E-state index is 6.17. The molecule has 1 heterocycles. The van der Waals surface area contributed by atoms with Gasteiger partial charge in [-0.15, -0.1) is 0 Å². The molecule has 1 fully saturated rings. The maximum absolute atomic E-state index is 6.17. The SMILES string of the molecule is Clc1cccc2c1NC(C1CC1)CC2. The minimum absolute atomic E-state index is 0.683. The molecule has 1 aliphatic carbocycles. The Hall–Kier alpha value is -0.690. The van der Waals surface area contributed by atoms with Gasteiger partial charge in [-0.3, -0.25) is 0 Å². The lowest BCUT2D eigenvalue weighted by Crippen LogP contribution is -2.27. The van der Waals surface area contributed by atoms with Crippen LogP contribution in [0.15, 0.2) is 18.2 Å². The molecule has 2 aliphatic rings. The summed E-state index contributed by atoms with van der Waals surface area (Å²) in [6.45, 7) is 0. The van der Waals surface area contributed by atoms with Gasteiger partial charge in [0.15, 0.2) is 0 Å². The summed E-state index contributed by atoms with van der Waals surface area (Å²) in [5, 5.41) is 4.48. The van der Waals surface area contributed by atoms with Crippen LogP contribution >= 0.6 is 11.6 Å². The third-order valence-corrected chi connectivity index (χ3v) is 3.66. The summed E-state index contributed by atoms with van der Waals surface area (Å²) >= 11 is 6.17. The van der Waals surface area contributed by atoms with Crippen LogP contribution in [0.25, 0.3) is 0 Å². The first-order chi connectivity index (χ1) is 6.84. The molecule has 1 aromatic rings. The normalized spacial score (nSPS) is 25.4. The quantitative estimate of drug-likeness (QED) is 0.744. The van der Waals surface area contributed by atoms with Gasteiger partial charge in [-0.05, 0) is 43.2 Å². The highest BCUT2D eigenvalue weighted by molar-refractivity contribution is 6.33. The van der Waals surface area contributed by atoms with Crippen molar-refractivity contribution in [2.75, 3.05) is 5.32 Å². The molecule has 0 radical (unpaired) electrons. The Morgan fingerprint density at radius 2 is 2.07 bits per heavy atom.